The largest absolute Gasteiger partial charge is 0.497 e. The normalized spacial score (nSPS) is 10.9. The van der Waals surface area contributed by atoms with Crippen LogP contribution in [0, 0.1) is 0 Å². The van der Waals surface area contributed by atoms with Crippen molar-refractivity contribution in [2.24, 2.45) is 5.73 Å². The monoisotopic (exact) mass is 265 g/mol. The molecule has 1 rings (SSSR count). The van der Waals surface area contributed by atoms with E-state index in [0.29, 0.717) is 6.54 Å². The average molecular weight is 265 g/mol. The van der Waals surface area contributed by atoms with Gasteiger partial charge in [0.25, 0.3) is 0 Å². The van der Waals surface area contributed by atoms with E-state index in [9.17, 15) is 4.79 Å². The quantitative estimate of drug-likeness (QED) is 0.739. The van der Waals surface area contributed by atoms with E-state index in [-0.39, 0.29) is 11.6 Å². The molecule has 4 N–H and O–H groups in total. The average Bonchev–Trinajstić information content (AvgIpc) is 2.46. The maximum absolute atomic E-state index is 12.0. The molecule has 0 aromatic heterocycles. The number of carbonyl (C=O) groups is 1. The summed E-state index contributed by atoms with van der Waals surface area (Å²) in [5, 5.41) is 5.74. The van der Waals surface area contributed by atoms with Gasteiger partial charge in [0.05, 0.1) is 12.6 Å². The van der Waals surface area contributed by atoms with Gasteiger partial charge in [-0.05, 0) is 37.1 Å². The predicted octanol–water partition coefficient (Wildman–Crippen LogP) is 2.33. The summed E-state index contributed by atoms with van der Waals surface area (Å²) < 4.78 is 5.06. The van der Waals surface area contributed by atoms with Gasteiger partial charge in [-0.3, -0.25) is 0 Å². The molecule has 0 radical (unpaired) electrons. The van der Waals surface area contributed by atoms with Crippen LogP contribution in [0.5, 0.6) is 5.75 Å². The van der Waals surface area contributed by atoms with Crippen molar-refractivity contribution in [1.29, 1.82) is 0 Å². The lowest BCUT2D eigenvalue weighted by molar-refractivity contribution is 0.233. The van der Waals surface area contributed by atoms with E-state index in [2.05, 4.69) is 10.6 Å². The molecule has 0 atom stereocenters. The number of benzene rings is 1. The van der Waals surface area contributed by atoms with Crippen LogP contribution in [0.4, 0.5) is 10.5 Å². The Balaban J connectivity index is 2.63. The number of anilines is 1. The van der Waals surface area contributed by atoms with Crippen LogP contribution in [0.2, 0.25) is 0 Å². The van der Waals surface area contributed by atoms with E-state index in [0.717, 1.165) is 24.3 Å². The fraction of sp³-hybridized carbons (Fsp3) is 0.500. The fourth-order valence-corrected chi connectivity index (χ4v) is 1.84. The third kappa shape index (κ3) is 4.13. The lowest BCUT2D eigenvalue weighted by Gasteiger charge is -2.31. The molecule has 2 amide bonds. The number of urea groups is 1. The standard InChI is InChI=1S/C14H23N3O2/c1-4-14(5-2,10-15)17-13(18)16-11-6-8-12(19-3)9-7-11/h6-9H,4-5,10,15H2,1-3H3,(H2,16,17,18). The van der Waals surface area contributed by atoms with Crippen LogP contribution in [0.1, 0.15) is 26.7 Å². The van der Waals surface area contributed by atoms with Gasteiger partial charge in [-0.2, -0.15) is 0 Å². The van der Waals surface area contributed by atoms with Crippen molar-refractivity contribution in [3.05, 3.63) is 24.3 Å². The van der Waals surface area contributed by atoms with Crippen molar-refractivity contribution in [2.75, 3.05) is 19.0 Å². The van der Waals surface area contributed by atoms with Gasteiger partial charge in [0.15, 0.2) is 0 Å². The molecule has 0 saturated carbocycles. The molecule has 0 bridgehead atoms. The topological polar surface area (TPSA) is 76.4 Å². The highest BCUT2D eigenvalue weighted by Crippen LogP contribution is 2.16. The fourth-order valence-electron chi connectivity index (χ4n) is 1.84. The van der Waals surface area contributed by atoms with Crippen LogP contribution in [0.3, 0.4) is 0 Å². The number of hydrogen-bond donors (Lipinski definition) is 3. The second-order valence-electron chi connectivity index (χ2n) is 4.50. The lowest BCUT2D eigenvalue weighted by Crippen LogP contribution is -2.54. The second-order valence-corrected chi connectivity index (χ2v) is 4.50. The minimum absolute atomic E-state index is 0.237. The molecule has 0 unspecified atom stereocenters. The van der Waals surface area contributed by atoms with Crippen LogP contribution in [-0.2, 0) is 0 Å². The highest BCUT2D eigenvalue weighted by Gasteiger charge is 2.26. The van der Waals surface area contributed by atoms with Crippen molar-refractivity contribution in [3.8, 4) is 5.75 Å². The number of methoxy groups -OCH3 is 1. The van der Waals surface area contributed by atoms with Gasteiger partial charge in [0.1, 0.15) is 5.75 Å². The number of carbonyl (C=O) groups excluding carboxylic acids is 1. The van der Waals surface area contributed by atoms with Gasteiger partial charge < -0.3 is 21.1 Å². The van der Waals surface area contributed by atoms with E-state index in [1.807, 2.05) is 13.8 Å². The summed E-state index contributed by atoms with van der Waals surface area (Å²) in [6, 6.07) is 6.94. The number of hydrogen-bond acceptors (Lipinski definition) is 3. The summed E-state index contributed by atoms with van der Waals surface area (Å²) in [4.78, 5) is 12.0. The zero-order valence-corrected chi connectivity index (χ0v) is 11.8. The van der Waals surface area contributed by atoms with Crippen molar-refractivity contribution < 1.29 is 9.53 Å². The predicted molar refractivity (Wildman–Crippen MR) is 77.5 cm³/mol. The SMILES string of the molecule is CCC(CC)(CN)NC(=O)Nc1ccc(OC)cc1. The van der Waals surface area contributed by atoms with Crippen LogP contribution < -0.4 is 21.1 Å². The maximum Gasteiger partial charge on any atom is 0.319 e. The summed E-state index contributed by atoms with van der Waals surface area (Å²) in [5.41, 5.74) is 6.13. The van der Waals surface area contributed by atoms with E-state index in [1.165, 1.54) is 0 Å². The van der Waals surface area contributed by atoms with Gasteiger partial charge in [-0.15, -0.1) is 0 Å². The molecular formula is C14H23N3O2. The van der Waals surface area contributed by atoms with Gasteiger partial charge in [-0.25, -0.2) is 4.79 Å². The Bertz CT molecular complexity index is 391. The Morgan fingerprint density at radius 2 is 1.84 bits per heavy atom. The zero-order valence-electron chi connectivity index (χ0n) is 11.8. The maximum atomic E-state index is 12.0. The molecule has 106 valence electrons. The third-order valence-corrected chi connectivity index (χ3v) is 3.47. The summed E-state index contributed by atoms with van der Waals surface area (Å²) in [6.07, 6.45) is 1.60. The van der Waals surface area contributed by atoms with Crippen LogP contribution >= 0.6 is 0 Å². The number of amides is 2. The van der Waals surface area contributed by atoms with Crippen LogP contribution in [-0.4, -0.2) is 25.2 Å². The van der Waals surface area contributed by atoms with Crippen LogP contribution in [0.25, 0.3) is 0 Å². The molecule has 0 aliphatic heterocycles. The summed E-state index contributed by atoms with van der Waals surface area (Å²) in [5.74, 6) is 0.754. The molecule has 0 saturated heterocycles. The first kappa shape index (κ1) is 15.3. The van der Waals surface area contributed by atoms with Gasteiger partial charge in [0, 0.05) is 12.2 Å². The Hall–Kier alpha value is -1.75. The molecule has 19 heavy (non-hydrogen) atoms. The molecule has 1 aromatic rings. The van der Waals surface area contributed by atoms with Crippen molar-refractivity contribution in [2.45, 2.75) is 32.2 Å². The molecular weight excluding hydrogens is 242 g/mol. The highest BCUT2D eigenvalue weighted by atomic mass is 16.5. The second kappa shape index (κ2) is 6.99. The minimum atomic E-state index is -0.337. The van der Waals surface area contributed by atoms with Crippen molar-refractivity contribution in [1.82, 2.24) is 5.32 Å². The number of rotatable bonds is 6. The summed E-state index contributed by atoms with van der Waals surface area (Å²) in [6.45, 7) is 4.46. The first-order valence-corrected chi connectivity index (χ1v) is 6.52. The summed E-state index contributed by atoms with van der Waals surface area (Å²) >= 11 is 0. The van der Waals surface area contributed by atoms with Gasteiger partial charge in [-0.1, -0.05) is 13.8 Å². The molecule has 1 aromatic carbocycles. The molecule has 0 aliphatic rings. The Labute approximate surface area is 114 Å². The summed E-state index contributed by atoms with van der Waals surface area (Å²) in [7, 11) is 1.60. The number of ether oxygens (including phenoxy) is 1. The van der Waals surface area contributed by atoms with E-state index in [4.69, 9.17) is 10.5 Å². The van der Waals surface area contributed by atoms with Gasteiger partial charge in [0.2, 0.25) is 0 Å². The van der Waals surface area contributed by atoms with Crippen molar-refractivity contribution >= 4 is 11.7 Å². The lowest BCUT2D eigenvalue weighted by atomic mass is 9.93. The molecule has 0 heterocycles. The molecule has 0 aliphatic carbocycles. The minimum Gasteiger partial charge on any atom is -0.497 e. The number of nitrogens with one attached hydrogen (secondary N) is 2. The first-order chi connectivity index (χ1) is 9.09. The molecule has 0 fully saturated rings. The molecule has 5 nitrogen and oxygen atoms in total. The zero-order chi connectivity index (χ0) is 14.3. The van der Waals surface area contributed by atoms with E-state index < -0.39 is 0 Å². The Morgan fingerprint density at radius 1 is 1.26 bits per heavy atom. The van der Waals surface area contributed by atoms with Gasteiger partial charge >= 0.3 is 6.03 Å². The Morgan fingerprint density at radius 3 is 2.26 bits per heavy atom. The molecule has 5 heteroatoms. The Kier molecular flexibility index (Phi) is 5.63. The number of nitrogens with two attached hydrogens (primary N) is 1. The molecule has 0 spiro atoms. The van der Waals surface area contributed by atoms with E-state index >= 15 is 0 Å². The van der Waals surface area contributed by atoms with Crippen molar-refractivity contribution in [3.63, 3.8) is 0 Å². The third-order valence-electron chi connectivity index (χ3n) is 3.47. The first-order valence-electron chi connectivity index (χ1n) is 6.52. The smallest absolute Gasteiger partial charge is 0.319 e. The van der Waals surface area contributed by atoms with Crippen LogP contribution in [0.15, 0.2) is 24.3 Å². The highest BCUT2D eigenvalue weighted by molar-refractivity contribution is 5.89. The van der Waals surface area contributed by atoms with E-state index in [1.54, 1.807) is 31.4 Å².